The number of nitrogens with one attached hydrogen (secondary N) is 1. The monoisotopic (exact) mass is 402 g/mol. The number of carbonyl (C=O) groups excluding carboxylic acids is 2. The fraction of sp³-hybridized carbons (Fsp3) is 0.312. The van der Waals surface area contributed by atoms with Crippen LogP contribution in [0.15, 0.2) is 29.2 Å². The van der Waals surface area contributed by atoms with E-state index >= 15 is 0 Å². The largest absolute Gasteiger partial charge is 0.434 e. The molecule has 2 rings (SSSR count). The van der Waals surface area contributed by atoms with Crippen molar-refractivity contribution >= 4 is 46.2 Å². The lowest BCUT2D eigenvalue weighted by Gasteiger charge is -2.14. The van der Waals surface area contributed by atoms with Gasteiger partial charge in [0.05, 0.1) is 4.91 Å². The van der Waals surface area contributed by atoms with E-state index in [0.717, 1.165) is 16.7 Å². The van der Waals surface area contributed by atoms with Crippen molar-refractivity contribution in [3.05, 3.63) is 34.7 Å². The second-order valence-corrected chi connectivity index (χ2v) is 6.79. The molecule has 0 atom stereocenters. The highest BCUT2D eigenvalue weighted by molar-refractivity contribution is 8.26. The SMILES string of the molecule is O=C(CN1C(=O)/C(=C/c2ccccc2OC(F)F)SC1=S)NCCCO. The first kappa shape index (κ1) is 20.3. The average molecular weight is 402 g/mol. The molecule has 2 amide bonds. The number of aliphatic hydroxyl groups is 1. The Labute approximate surface area is 158 Å². The standard InChI is InChI=1S/C16H16F2N2O4S2/c17-15(18)24-11-5-2-1-4-10(11)8-12-14(23)20(16(25)26-12)9-13(22)19-6-3-7-21/h1-2,4-5,8,15,21H,3,6-7,9H2,(H,19,22)/b12-8-. The third-order valence-electron chi connectivity index (χ3n) is 3.25. The number of halogens is 2. The molecule has 140 valence electrons. The first-order valence-electron chi connectivity index (χ1n) is 7.59. The molecule has 1 fully saturated rings. The number of nitrogens with zero attached hydrogens (tertiary/aromatic N) is 1. The van der Waals surface area contributed by atoms with Gasteiger partial charge in [-0.25, -0.2) is 0 Å². The Morgan fingerprint density at radius 3 is 2.85 bits per heavy atom. The first-order valence-corrected chi connectivity index (χ1v) is 8.81. The molecule has 1 aromatic carbocycles. The lowest BCUT2D eigenvalue weighted by molar-refractivity contribution is -0.128. The molecule has 0 radical (unpaired) electrons. The van der Waals surface area contributed by atoms with Crippen LogP contribution in [0.3, 0.4) is 0 Å². The number of carbonyl (C=O) groups is 2. The van der Waals surface area contributed by atoms with Gasteiger partial charge in [-0.1, -0.05) is 42.2 Å². The van der Waals surface area contributed by atoms with Crippen molar-refractivity contribution in [1.29, 1.82) is 0 Å². The maximum Gasteiger partial charge on any atom is 0.387 e. The van der Waals surface area contributed by atoms with Gasteiger partial charge in [0, 0.05) is 18.7 Å². The second kappa shape index (κ2) is 9.60. The maximum atomic E-state index is 12.5. The highest BCUT2D eigenvalue weighted by Crippen LogP contribution is 2.34. The fourth-order valence-electron chi connectivity index (χ4n) is 2.09. The van der Waals surface area contributed by atoms with Crippen LogP contribution in [0.1, 0.15) is 12.0 Å². The Morgan fingerprint density at radius 2 is 2.15 bits per heavy atom. The molecule has 2 N–H and O–H groups in total. The Bertz CT molecular complexity index is 728. The predicted molar refractivity (Wildman–Crippen MR) is 97.7 cm³/mol. The Balaban J connectivity index is 2.11. The summed E-state index contributed by atoms with van der Waals surface area (Å²) in [6, 6.07) is 6.07. The summed E-state index contributed by atoms with van der Waals surface area (Å²) >= 11 is 6.10. The Kier molecular flexibility index (Phi) is 7.49. The van der Waals surface area contributed by atoms with Crippen LogP contribution in [0, 0.1) is 0 Å². The van der Waals surface area contributed by atoms with Gasteiger partial charge in [0.2, 0.25) is 5.91 Å². The van der Waals surface area contributed by atoms with Crippen molar-refractivity contribution in [2.75, 3.05) is 19.7 Å². The molecule has 0 spiro atoms. The highest BCUT2D eigenvalue weighted by atomic mass is 32.2. The minimum Gasteiger partial charge on any atom is -0.434 e. The summed E-state index contributed by atoms with van der Waals surface area (Å²) in [6.07, 6.45) is 1.81. The van der Waals surface area contributed by atoms with E-state index in [9.17, 15) is 18.4 Å². The molecule has 1 heterocycles. The summed E-state index contributed by atoms with van der Waals surface area (Å²) in [4.78, 5) is 25.6. The van der Waals surface area contributed by atoms with Gasteiger partial charge >= 0.3 is 6.61 Å². The number of alkyl halides is 2. The number of para-hydroxylation sites is 1. The molecule has 0 saturated carbocycles. The molecule has 0 aliphatic carbocycles. The van der Waals surface area contributed by atoms with Crippen LogP contribution in [-0.4, -0.2) is 52.4 Å². The Hall–Kier alpha value is -2.04. The minimum atomic E-state index is -2.98. The van der Waals surface area contributed by atoms with Crippen LogP contribution < -0.4 is 10.1 Å². The lowest BCUT2D eigenvalue weighted by Crippen LogP contribution is -2.39. The van der Waals surface area contributed by atoms with Crippen LogP contribution in [-0.2, 0) is 9.59 Å². The van der Waals surface area contributed by atoms with Gasteiger partial charge in [0.1, 0.15) is 16.6 Å². The summed E-state index contributed by atoms with van der Waals surface area (Å²) in [5, 5.41) is 11.3. The number of thiocarbonyl (C=S) groups is 1. The van der Waals surface area contributed by atoms with Crippen LogP contribution in [0.2, 0.25) is 0 Å². The van der Waals surface area contributed by atoms with Gasteiger partial charge in [-0.15, -0.1) is 0 Å². The van der Waals surface area contributed by atoms with E-state index in [4.69, 9.17) is 17.3 Å². The lowest BCUT2D eigenvalue weighted by atomic mass is 10.2. The van der Waals surface area contributed by atoms with E-state index in [-0.39, 0.29) is 34.7 Å². The van der Waals surface area contributed by atoms with Gasteiger partial charge < -0.3 is 15.2 Å². The number of amides is 2. The smallest absolute Gasteiger partial charge is 0.387 e. The molecular weight excluding hydrogens is 386 g/mol. The van der Waals surface area contributed by atoms with Crippen molar-refractivity contribution in [2.24, 2.45) is 0 Å². The zero-order valence-corrected chi connectivity index (χ0v) is 15.1. The molecule has 1 aliphatic rings. The zero-order chi connectivity index (χ0) is 19.1. The van der Waals surface area contributed by atoms with Crippen LogP contribution in [0.5, 0.6) is 5.75 Å². The summed E-state index contributed by atoms with van der Waals surface area (Å²) < 4.78 is 29.6. The molecule has 26 heavy (non-hydrogen) atoms. The number of thioether (sulfide) groups is 1. The van der Waals surface area contributed by atoms with E-state index < -0.39 is 18.4 Å². The summed E-state index contributed by atoms with van der Waals surface area (Å²) in [7, 11) is 0. The van der Waals surface area contributed by atoms with E-state index in [1.807, 2.05) is 0 Å². The van der Waals surface area contributed by atoms with E-state index in [1.165, 1.54) is 24.3 Å². The van der Waals surface area contributed by atoms with E-state index in [1.54, 1.807) is 6.07 Å². The topological polar surface area (TPSA) is 78.9 Å². The summed E-state index contributed by atoms with van der Waals surface area (Å²) in [5.41, 5.74) is 0.306. The van der Waals surface area contributed by atoms with Gasteiger partial charge in [0.15, 0.2) is 0 Å². The number of rotatable bonds is 8. The van der Waals surface area contributed by atoms with Gasteiger partial charge in [-0.2, -0.15) is 8.78 Å². The van der Waals surface area contributed by atoms with Crippen LogP contribution in [0.25, 0.3) is 6.08 Å². The summed E-state index contributed by atoms with van der Waals surface area (Å²) in [5.74, 6) is -0.948. The van der Waals surface area contributed by atoms with Crippen LogP contribution >= 0.6 is 24.0 Å². The normalized spacial score (nSPS) is 15.8. The maximum absolute atomic E-state index is 12.5. The van der Waals surface area contributed by atoms with E-state index in [2.05, 4.69) is 10.1 Å². The fourth-order valence-corrected chi connectivity index (χ4v) is 3.33. The van der Waals surface area contributed by atoms with Crippen molar-refractivity contribution in [3.63, 3.8) is 0 Å². The van der Waals surface area contributed by atoms with E-state index in [0.29, 0.717) is 12.0 Å². The van der Waals surface area contributed by atoms with Crippen molar-refractivity contribution < 1.29 is 28.2 Å². The molecule has 1 saturated heterocycles. The molecule has 0 aromatic heterocycles. The number of hydrogen-bond acceptors (Lipinski definition) is 6. The van der Waals surface area contributed by atoms with Gasteiger partial charge in [0.25, 0.3) is 5.91 Å². The molecule has 6 nitrogen and oxygen atoms in total. The van der Waals surface area contributed by atoms with Gasteiger partial charge in [-0.05, 0) is 18.6 Å². The highest BCUT2D eigenvalue weighted by Gasteiger charge is 2.33. The van der Waals surface area contributed by atoms with Crippen molar-refractivity contribution in [3.8, 4) is 5.75 Å². The molecule has 0 bridgehead atoms. The summed E-state index contributed by atoms with van der Waals surface area (Å²) in [6.45, 7) is -2.99. The second-order valence-electron chi connectivity index (χ2n) is 5.11. The number of ether oxygens (including phenoxy) is 1. The molecule has 10 heteroatoms. The van der Waals surface area contributed by atoms with Gasteiger partial charge in [-0.3, -0.25) is 14.5 Å². The van der Waals surface area contributed by atoms with Crippen LogP contribution in [0.4, 0.5) is 8.78 Å². The van der Waals surface area contributed by atoms with Crippen molar-refractivity contribution in [2.45, 2.75) is 13.0 Å². The molecular formula is C16H16F2N2O4S2. The minimum absolute atomic E-state index is 0.0514. The number of aliphatic hydroxyl groups excluding tert-OH is 1. The molecule has 1 aliphatic heterocycles. The third kappa shape index (κ3) is 5.48. The first-order chi connectivity index (χ1) is 12.4. The molecule has 1 aromatic rings. The third-order valence-corrected chi connectivity index (χ3v) is 4.63. The van der Waals surface area contributed by atoms with Crippen molar-refractivity contribution in [1.82, 2.24) is 10.2 Å². The predicted octanol–water partition coefficient (Wildman–Crippen LogP) is 1.99. The molecule has 0 unspecified atom stereocenters. The number of benzene rings is 1. The Morgan fingerprint density at radius 1 is 1.42 bits per heavy atom. The average Bonchev–Trinajstić information content (AvgIpc) is 2.84. The quantitative estimate of drug-likeness (QED) is 0.393. The number of hydrogen-bond donors (Lipinski definition) is 2. The zero-order valence-electron chi connectivity index (χ0n) is 13.5.